The van der Waals surface area contributed by atoms with Crippen molar-refractivity contribution in [3.8, 4) is 0 Å². The molecule has 1 aromatic rings. The Hall–Kier alpha value is -1.04. The number of amides is 1. The fourth-order valence-electron chi connectivity index (χ4n) is 2.61. The van der Waals surface area contributed by atoms with Crippen molar-refractivity contribution >= 4 is 21.8 Å². The van der Waals surface area contributed by atoms with Gasteiger partial charge in [0.25, 0.3) is 5.91 Å². The Labute approximate surface area is 123 Å². The SMILES string of the molecule is O=C(NCC1CCCC1CBr)c1ccc(F)c(F)c1F. The van der Waals surface area contributed by atoms with E-state index in [2.05, 4.69) is 21.2 Å². The molecule has 1 aromatic carbocycles. The van der Waals surface area contributed by atoms with Crippen molar-refractivity contribution in [3.05, 3.63) is 35.1 Å². The van der Waals surface area contributed by atoms with Gasteiger partial charge in [-0.3, -0.25) is 4.79 Å². The van der Waals surface area contributed by atoms with Gasteiger partial charge in [-0.2, -0.15) is 0 Å². The highest BCUT2D eigenvalue weighted by molar-refractivity contribution is 9.09. The highest BCUT2D eigenvalue weighted by Gasteiger charge is 2.27. The second-order valence-electron chi connectivity index (χ2n) is 5.04. The van der Waals surface area contributed by atoms with Crippen LogP contribution in [0.2, 0.25) is 0 Å². The average molecular weight is 350 g/mol. The largest absolute Gasteiger partial charge is 0.352 e. The molecule has 0 radical (unpaired) electrons. The molecule has 0 saturated heterocycles. The summed E-state index contributed by atoms with van der Waals surface area (Å²) < 4.78 is 39.3. The monoisotopic (exact) mass is 349 g/mol. The van der Waals surface area contributed by atoms with E-state index in [1.54, 1.807) is 0 Å². The molecule has 2 nitrogen and oxygen atoms in total. The van der Waals surface area contributed by atoms with E-state index in [0.717, 1.165) is 36.7 Å². The number of carbonyl (C=O) groups is 1. The van der Waals surface area contributed by atoms with E-state index in [1.807, 2.05) is 0 Å². The summed E-state index contributed by atoms with van der Waals surface area (Å²) >= 11 is 3.43. The summed E-state index contributed by atoms with van der Waals surface area (Å²) in [5, 5.41) is 3.47. The number of hydrogen-bond acceptors (Lipinski definition) is 1. The molecule has 0 bridgehead atoms. The van der Waals surface area contributed by atoms with Crippen LogP contribution in [0.15, 0.2) is 12.1 Å². The van der Waals surface area contributed by atoms with Gasteiger partial charge in [-0.05, 0) is 36.8 Å². The Balaban J connectivity index is 2.00. The summed E-state index contributed by atoms with van der Waals surface area (Å²) in [6.45, 7) is 0.424. The van der Waals surface area contributed by atoms with E-state index in [9.17, 15) is 18.0 Å². The van der Waals surface area contributed by atoms with Crippen molar-refractivity contribution in [3.63, 3.8) is 0 Å². The number of nitrogens with one attached hydrogen (secondary N) is 1. The number of rotatable bonds is 4. The lowest BCUT2D eigenvalue weighted by Crippen LogP contribution is -2.32. The smallest absolute Gasteiger partial charge is 0.254 e. The standard InChI is InChI=1S/C14H15BrF3NO/c15-6-8-2-1-3-9(8)7-19-14(20)10-4-5-11(16)13(18)12(10)17/h4-5,8-9H,1-3,6-7H2,(H,19,20). The van der Waals surface area contributed by atoms with Crippen LogP contribution < -0.4 is 5.32 Å². The maximum atomic E-state index is 13.5. The van der Waals surface area contributed by atoms with Crippen LogP contribution in [0.5, 0.6) is 0 Å². The summed E-state index contributed by atoms with van der Waals surface area (Å²) in [5.74, 6) is -4.23. The summed E-state index contributed by atoms with van der Waals surface area (Å²) in [6, 6.07) is 1.71. The minimum Gasteiger partial charge on any atom is -0.352 e. The van der Waals surface area contributed by atoms with Gasteiger partial charge in [0.2, 0.25) is 0 Å². The van der Waals surface area contributed by atoms with Gasteiger partial charge in [0, 0.05) is 11.9 Å². The van der Waals surface area contributed by atoms with Gasteiger partial charge < -0.3 is 5.32 Å². The second kappa shape index (κ2) is 6.61. The minimum atomic E-state index is -1.61. The minimum absolute atomic E-state index is 0.340. The third-order valence-electron chi connectivity index (χ3n) is 3.82. The van der Waals surface area contributed by atoms with E-state index < -0.39 is 28.9 Å². The van der Waals surface area contributed by atoms with Gasteiger partial charge >= 0.3 is 0 Å². The molecule has 110 valence electrons. The van der Waals surface area contributed by atoms with Crippen molar-refractivity contribution in [2.45, 2.75) is 19.3 Å². The molecule has 0 spiro atoms. The molecule has 2 rings (SSSR count). The first kappa shape index (κ1) is 15.4. The molecular formula is C14H15BrF3NO. The lowest BCUT2D eigenvalue weighted by atomic mass is 9.98. The fraction of sp³-hybridized carbons (Fsp3) is 0.500. The molecule has 2 atom stereocenters. The zero-order valence-corrected chi connectivity index (χ0v) is 12.4. The van der Waals surface area contributed by atoms with E-state index in [4.69, 9.17) is 0 Å². The highest BCUT2D eigenvalue weighted by Crippen LogP contribution is 2.32. The average Bonchev–Trinajstić information content (AvgIpc) is 2.90. The van der Waals surface area contributed by atoms with Crippen molar-refractivity contribution in [2.75, 3.05) is 11.9 Å². The predicted molar refractivity (Wildman–Crippen MR) is 73.3 cm³/mol. The lowest BCUT2D eigenvalue weighted by molar-refractivity contribution is 0.0939. The van der Waals surface area contributed by atoms with Crippen LogP contribution in [0, 0.1) is 29.3 Å². The first-order valence-corrected chi connectivity index (χ1v) is 7.64. The molecule has 1 aliphatic rings. The van der Waals surface area contributed by atoms with Gasteiger partial charge in [0.1, 0.15) is 0 Å². The summed E-state index contributed by atoms with van der Waals surface area (Å²) in [6.07, 6.45) is 3.22. The Morgan fingerprint density at radius 3 is 2.60 bits per heavy atom. The fourth-order valence-corrected chi connectivity index (χ4v) is 3.46. The van der Waals surface area contributed by atoms with Gasteiger partial charge in [0.15, 0.2) is 17.5 Å². The molecular weight excluding hydrogens is 335 g/mol. The second-order valence-corrected chi connectivity index (χ2v) is 5.69. The van der Waals surface area contributed by atoms with Crippen LogP contribution in [0.4, 0.5) is 13.2 Å². The maximum absolute atomic E-state index is 13.5. The number of hydrogen-bond donors (Lipinski definition) is 1. The molecule has 0 aliphatic heterocycles. The molecule has 1 aliphatic carbocycles. The quantitative estimate of drug-likeness (QED) is 0.652. The molecule has 0 heterocycles. The van der Waals surface area contributed by atoms with Gasteiger partial charge in [-0.25, -0.2) is 13.2 Å². The molecule has 1 saturated carbocycles. The molecule has 1 N–H and O–H groups in total. The zero-order valence-electron chi connectivity index (χ0n) is 10.8. The predicted octanol–water partition coefficient (Wildman–Crippen LogP) is 3.64. The first-order chi connectivity index (χ1) is 9.54. The van der Waals surface area contributed by atoms with Crippen LogP contribution in [0.1, 0.15) is 29.6 Å². The van der Waals surface area contributed by atoms with E-state index in [1.165, 1.54) is 0 Å². The van der Waals surface area contributed by atoms with E-state index >= 15 is 0 Å². The van der Waals surface area contributed by atoms with Crippen LogP contribution in [0.25, 0.3) is 0 Å². The van der Waals surface area contributed by atoms with Crippen LogP contribution in [0.3, 0.4) is 0 Å². The summed E-state index contributed by atoms with van der Waals surface area (Å²) in [7, 11) is 0. The summed E-state index contributed by atoms with van der Waals surface area (Å²) in [5.41, 5.74) is -0.461. The topological polar surface area (TPSA) is 29.1 Å². The van der Waals surface area contributed by atoms with Gasteiger partial charge in [-0.15, -0.1) is 0 Å². The van der Waals surface area contributed by atoms with Crippen LogP contribution >= 0.6 is 15.9 Å². The van der Waals surface area contributed by atoms with Crippen molar-refractivity contribution < 1.29 is 18.0 Å². The van der Waals surface area contributed by atoms with Crippen LogP contribution in [-0.2, 0) is 0 Å². The first-order valence-electron chi connectivity index (χ1n) is 6.52. The third-order valence-corrected chi connectivity index (χ3v) is 4.65. The highest BCUT2D eigenvalue weighted by atomic mass is 79.9. The zero-order chi connectivity index (χ0) is 14.7. The number of carbonyl (C=O) groups excluding carboxylic acids is 1. The van der Waals surface area contributed by atoms with Gasteiger partial charge in [-0.1, -0.05) is 22.4 Å². The molecule has 20 heavy (non-hydrogen) atoms. The number of alkyl halides is 1. The van der Waals surface area contributed by atoms with E-state index in [-0.39, 0.29) is 0 Å². The molecule has 0 aromatic heterocycles. The molecule has 1 amide bonds. The Kier molecular flexibility index (Phi) is 5.07. The summed E-state index contributed by atoms with van der Waals surface area (Å²) in [4.78, 5) is 11.8. The Bertz CT molecular complexity index is 509. The van der Waals surface area contributed by atoms with Crippen molar-refractivity contribution in [1.29, 1.82) is 0 Å². The van der Waals surface area contributed by atoms with Crippen molar-refractivity contribution in [2.24, 2.45) is 11.8 Å². The Morgan fingerprint density at radius 1 is 1.20 bits per heavy atom. The number of halogens is 4. The maximum Gasteiger partial charge on any atom is 0.254 e. The molecule has 6 heteroatoms. The number of benzene rings is 1. The molecule has 2 unspecified atom stereocenters. The lowest BCUT2D eigenvalue weighted by Gasteiger charge is -2.17. The van der Waals surface area contributed by atoms with Gasteiger partial charge in [0.05, 0.1) is 5.56 Å². The molecule has 1 fully saturated rings. The van der Waals surface area contributed by atoms with E-state index in [0.29, 0.717) is 18.4 Å². The normalized spacial score (nSPS) is 22.0. The van der Waals surface area contributed by atoms with Crippen molar-refractivity contribution in [1.82, 2.24) is 5.32 Å². The third kappa shape index (κ3) is 3.16. The van der Waals surface area contributed by atoms with Crippen LogP contribution in [-0.4, -0.2) is 17.8 Å². The Morgan fingerprint density at radius 2 is 1.90 bits per heavy atom.